The smallest absolute Gasteiger partial charge is 0.258 e. The molecule has 1 aromatic rings. The molecule has 0 radical (unpaired) electrons. The number of amides is 1. The van der Waals surface area contributed by atoms with Crippen LogP contribution >= 0.6 is 11.6 Å². The number of rotatable bonds is 5. The number of halogens is 1. The second-order valence-electron chi connectivity index (χ2n) is 3.62. The Bertz CT molecular complexity index is 426. The van der Waals surface area contributed by atoms with Gasteiger partial charge in [0.1, 0.15) is 5.75 Å². The summed E-state index contributed by atoms with van der Waals surface area (Å²) in [6.45, 7) is 1.80. The minimum absolute atomic E-state index is 0.0459. The molecule has 0 spiro atoms. The number of ether oxygens (including phenoxy) is 1. The van der Waals surface area contributed by atoms with Gasteiger partial charge in [-0.3, -0.25) is 4.79 Å². The Morgan fingerprint density at radius 2 is 2.41 bits per heavy atom. The normalized spacial score (nSPS) is 11.4. The Morgan fingerprint density at radius 3 is 3.06 bits per heavy atom. The van der Waals surface area contributed by atoms with Gasteiger partial charge in [0.05, 0.1) is 0 Å². The summed E-state index contributed by atoms with van der Waals surface area (Å²) < 4.78 is 5.28. The zero-order valence-electron chi connectivity index (χ0n) is 9.57. The first kappa shape index (κ1) is 13.4. The fourth-order valence-corrected chi connectivity index (χ4v) is 1.43. The summed E-state index contributed by atoms with van der Waals surface area (Å²) in [5.41, 5.74) is 0. The Balaban J connectivity index is 2.36. The number of nitrogens with one attached hydrogen (secondary N) is 1. The van der Waals surface area contributed by atoms with Gasteiger partial charge in [0, 0.05) is 17.5 Å². The van der Waals surface area contributed by atoms with Crippen LogP contribution < -0.4 is 10.1 Å². The minimum Gasteiger partial charge on any atom is -0.484 e. The van der Waals surface area contributed by atoms with E-state index in [1.807, 2.05) is 6.92 Å². The lowest BCUT2D eigenvalue weighted by molar-refractivity contribution is -0.123. The second kappa shape index (κ2) is 6.82. The standard InChI is InChI=1S/C13H14ClNO2/c1-3-5-10(2)15-13(16)9-17-12-7-4-6-11(14)8-12/h1,4,6-8,10H,5,9H2,2H3,(H,15,16). The van der Waals surface area contributed by atoms with Crippen LogP contribution in [0.15, 0.2) is 24.3 Å². The van der Waals surface area contributed by atoms with Crippen LogP contribution in [0.25, 0.3) is 0 Å². The molecule has 0 aliphatic carbocycles. The van der Waals surface area contributed by atoms with Gasteiger partial charge >= 0.3 is 0 Å². The van der Waals surface area contributed by atoms with Gasteiger partial charge < -0.3 is 10.1 Å². The van der Waals surface area contributed by atoms with E-state index in [4.69, 9.17) is 22.8 Å². The number of carbonyl (C=O) groups is 1. The van der Waals surface area contributed by atoms with Gasteiger partial charge in [0.2, 0.25) is 0 Å². The summed E-state index contributed by atoms with van der Waals surface area (Å²) in [6.07, 6.45) is 5.64. The predicted molar refractivity (Wildman–Crippen MR) is 68.0 cm³/mol. The van der Waals surface area contributed by atoms with E-state index < -0.39 is 0 Å². The molecule has 1 unspecified atom stereocenters. The van der Waals surface area contributed by atoms with Crippen molar-refractivity contribution in [1.82, 2.24) is 5.32 Å². The Labute approximate surface area is 106 Å². The van der Waals surface area contributed by atoms with Crippen LogP contribution in [0, 0.1) is 12.3 Å². The Kier molecular flexibility index (Phi) is 5.38. The predicted octanol–water partition coefficient (Wildman–Crippen LogP) is 2.25. The first-order chi connectivity index (χ1) is 8.11. The summed E-state index contributed by atoms with van der Waals surface area (Å²) in [5.74, 6) is 2.85. The summed E-state index contributed by atoms with van der Waals surface area (Å²) >= 11 is 5.78. The Hall–Kier alpha value is -1.66. The summed E-state index contributed by atoms with van der Waals surface area (Å²) in [5, 5.41) is 3.30. The number of terminal acetylenes is 1. The van der Waals surface area contributed by atoms with Crippen molar-refractivity contribution in [1.29, 1.82) is 0 Å². The number of carbonyl (C=O) groups excluding carboxylic acids is 1. The van der Waals surface area contributed by atoms with E-state index in [1.54, 1.807) is 24.3 Å². The van der Waals surface area contributed by atoms with Gasteiger partial charge in [-0.05, 0) is 25.1 Å². The maximum atomic E-state index is 11.4. The average Bonchev–Trinajstić information content (AvgIpc) is 2.27. The van der Waals surface area contributed by atoms with Crippen LogP contribution in [-0.2, 0) is 4.79 Å². The fourth-order valence-electron chi connectivity index (χ4n) is 1.25. The van der Waals surface area contributed by atoms with Gasteiger partial charge in [0.25, 0.3) is 5.91 Å². The molecule has 0 aliphatic heterocycles. The first-order valence-corrected chi connectivity index (χ1v) is 5.61. The molecule has 0 aromatic heterocycles. The lowest BCUT2D eigenvalue weighted by Crippen LogP contribution is -2.35. The molecule has 1 rings (SSSR count). The van der Waals surface area contributed by atoms with Crippen LogP contribution in [-0.4, -0.2) is 18.6 Å². The third-order valence-corrected chi connectivity index (χ3v) is 2.23. The average molecular weight is 252 g/mol. The molecule has 1 N–H and O–H groups in total. The zero-order chi connectivity index (χ0) is 12.7. The Morgan fingerprint density at radius 1 is 1.65 bits per heavy atom. The van der Waals surface area contributed by atoms with Gasteiger partial charge in [0.15, 0.2) is 6.61 Å². The molecule has 0 saturated heterocycles. The van der Waals surface area contributed by atoms with E-state index in [0.29, 0.717) is 17.2 Å². The molecule has 1 atom stereocenters. The molecular formula is C13H14ClNO2. The number of hydrogen-bond acceptors (Lipinski definition) is 2. The number of hydrogen-bond donors (Lipinski definition) is 1. The maximum absolute atomic E-state index is 11.4. The summed E-state index contributed by atoms with van der Waals surface area (Å²) in [7, 11) is 0. The maximum Gasteiger partial charge on any atom is 0.258 e. The summed E-state index contributed by atoms with van der Waals surface area (Å²) in [6, 6.07) is 6.85. The van der Waals surface area contributed by atoms with Crippen LogP contribution in [0.1, 0.15) is 13.3 Å². The minimum atomic E-state index is -0.201. The van der Waals surface area contributed by atoms with Gasteiger partial charge in [-0.1, -0.05) is 17.7 Å². The molecule has 90 valence electrons. The van der Waals surface area contributed by atoms with Crippen molar-refractivity contribution in [2.75, 3.05) is 6.61 Å². The van der Waals surface area contributed by atoms with Crippen LogP contribution in [0.5, 0.6) is 5.75 Å². The van der Waals surface area contributed by atoms with Gasteiger partial charge in [-0.15, -0.1) is 12.3 Å². The van der Waals surface area contributed by atoms with E-state index >= 15 is 0 Å². The van der Waals surface area contributed by atoms with Crippen molar-refractivity contribution < 1.29 is 9.53 Å². The van der Waals surface area contributed by atoms with Crippen molar-refractivity contribution in [2.45, 2.75) is 19.4 Å². The second-order valence-corrected chi connectivity index (χ2v) is 4.06. The highest BCUT2D eigenvalue weighted by molar-refractivity contribution is 6.30. The lowest BCUT2D eigenvalue weighted by Gasteiger charge is -2.11. The molecule has 1 aromatic carbocycles. The molecule has 0 bridgehead atoms. The zero-order valence-corrected chi connectivity index (χ0v) is 10.3. The third kappa shape index (κ3) is 5.28. The third-order valence-electron chi connectivity index (χ3n) is 2.00. The highest BCUT2D eigenvalue weighted by Crippen LogP contribution is 2.16. The van der Waals surface area contributed by atoms with Crippen molar-refractivity contribution >= 4 is 17.5 Å². The topological polar surface area (TPSA) is 38.3 Å². The van der Waals surface area contributed by atoms with E-state index in [2.05, 4.69) is 11.2 Å². The largest absolute Gasteiger partial charge is 0.484 e. The molecule has 1 amide bonds. The monoisotopic (exact) mass is 251 g/mol. The molecule has 0 saturated carbocycles. The summed E-state index contributed by atoms with van der Waals surface area (Å²) in [4.78, 5) is 11.4. The first-order valence-electron chi connectivity index (χ1n) is 5.23. The highest BCUT2D eigenvalue weighted by atomic mass is 35.5. The van der Waals surface area contributed by atoms with Crippen LogP contribution in [0.3, 0.4) is 0 Å². The molecule has 3 nitrogen and oxygen atoms in total. The van der Waals surface area contributed by atoms with E-state index in [9.17, 15) is 4.79 Å². The molecular weight excluding hydrogens is 238 g/mol. The van der Waals surface area contributed by atoms with E-state index in [-0.39, 0.29) is 18.6 Å². The van der Waals surface area contributed by atoms with Crippen LogP contribution in [0.4, 0.5) is 0 Å². The van der Waals surface area contributed by atoms with Crippen molar-refractivity contribution in [2.24, 2.45) is 0 Å². The SMILES string of the molecule is C#CCC(C)NC(=O)COc1cccc(Cl)c1. The van der Waals surface area contributed by atoms with Crippen LogP contribution in [0.2, 0.25) is 5.02 Å². The fraction of sp³-hybridized carbons (Fsp3) is 0.308. The van der Waals surface area contributed by atoms with Crippen molar-refractivity contribution in [3.63, 3.8) is 0 Å². The van der Waals surface area contributed by atoms with Gasteiger partial charge in [-0.25, -0.2) is 0 Å². The van der Waals surface area contributed by atoms with Crippen molar-refractivity contribution in [3.05, 3.63) is 29.3 Å². The molecule has 17 heavy (non-hydrogen) atoms. The lowest BCUT2D eigenvalue weighted by atomic mass is 10.2. The quantitative estimate of drug-likeness (QED) is 0.816. The van der Waals surface area contributed by atoms with Gasteiger partial charge in [-0.2, -0.15) is 0 Å². The molecule has 0 fully saturated rings. The number of benzene rings is 1. The van der Waals surface area contributed by atoms with Crippen molar-refractivity contribution in [3.8, 4) is 18.1 Å². The molecule has 4 heteroatoms. The van der Waals surface area contributed by atoms with E-state index in [0.717, 1.165) is 0 Å². The van der Waals surface area contributed by atoms with E-state index in [1.165, 1.54) is 0 Å². The molecule has 0 aliphatic rings. The molecule has 0 heterocycles. The highest BCUT2D eigenvalue weighted by Gasteiger charge is 2.06.